The molecule has 0 radical (unpaired) electrons. The predicted octanol–water partition coefficient (Wildman–Crippen LogP) is 4.07. The first-order valence-electron chi connectivity index (χ1n) is 10.1. The van der Waals surface area contributed by atoms with Crippen molar-refractivity contribution in [1.82, 2.24) is 0 Å². The van der Waals surface area contributed by atoms with Crippen molar-refractivity contribution in [2.24, 2.45) is 0 Å². The van der Waals surface area contributed by atoms with Gasteiger partial charge in [-0.15, -0.1) is 0 Å². The molecule has 0 atom stereocenters. The number of carbonyl (C=O) groups is 2. The highest BCUT2D eigenvalue weighted by atomic mass is 16.5. The van der Waals surface area contributed by atoms with Crippen LogP contribution in [0.15, 0.2) is 48.5 Å². The van der Waals surface area contributed by atoms with Crippen LogP contribution in [-0.2, 0) is 9.59 Å². The van der Waals surface area contributed by atoms with Crippen molar-refractivity contribution in [3.05, 3.63) is 48.5 Å². The SMILES string of the molecule is CC(=O)N(CC(=O)Nc1ccccc1OC(C)C)c1ccc(N2CCCC2)cc1. The number of nitrogens with zero attached hydrogens (tertiary/aromatic N) is 2. The Morgan fingerprint density at radius 2 is 1.72 bits per heavy atom. The molecule has 6 nitrogen and oxygen atoms in total. The highest BCUT2D eigenvalue weighted by Gasteiger charge is 2.18. The van der Waals surface area contributed by atoms with Gasteiger partial charge in [-0.1, -0.05) is 12.1 Å². The van der Waals surface area contributed by atoms with Gasteiger partial charge in [0.1, 0.15) is 12.3 Å². The van der Waals surface area contributed by atoms with Crippen LogP contribution < -0.4 is 19.9 Å². The van der Waals surface area contributed by atoms with Crippen molar-refractivity contribution >= 4 is 28.9 Å². The maximum atomic E-state index is 12.6. The molecule has 2 aromatic rings. The average molecular weight is 396 g/mol. The second-order valence-corrected chi connectivity index (χ2v) is 7.53. The minimum Gasteiger partial charge on any atom is -0.489 e. The highest BCUT2D eigenvalue weighted by Crippen LogP contribution is 2.26. The summed E-state index contributed by atoms with van der Waals surface area (Å²) in [5.41, 5.74) is 2.46. The molecule has 0 bridgehead atoms. The van der Waals surface area contributed by atoms with Gasteiger partial charge in [0.25, 0.3) is 0 Å². The maximum Gasteiger partial charge on any atom is 0.244 e. The van der Waals surface area contributed by atoms with E-state index in [-0.39, 0.29) is 24.5 Å². The Hall–Kier alpha value is -3.02. The van der Waals surface area contributed by atoms with E-state index in [1.165, 1.54) is 24.7 Å². The number of nitrogens with one attached hydrogen (secondary N) is 1. The lowest BCUT2D eigenvalue weighted by Gasteiger charge is -2.23. The van der Waals surface area contributed by atoms with E-state index in [4.69, 9.17) is 4.74 Å². The molecule has 6 heteroatoms. The Morgan fingerprint density at radius 3 is 2.34 bits per heavy atom. The Kier molecular flexibility index (Phi) is 6.75. The van der Waals surface area contributed by atoms with Crippen molar-refractivity contribution in [2.75, 3.05) is 34.8 Å². The molecular formula is C23H29N3O3. The van der Waals surface area contributed by atoms with Crippen LogP contribution >= 0.6 is 0 Å². The molecule has 1 saturated heterocycles. The van der Waals surface area contributed by atoms with Crippen LogP contribution in [0.5, 0.6) is 5.75 Å². The zero-order valence-electron chi connectivity index (χ0n) is 17.4. The second kappa shape index (κ2) is 9.45. The molecule has 0 unspecified atom stereocenters. The van der Waals surface area contributed by atoms with Crippen LogP contribution in [0.4, 0.5) is 17.1 Å². The number of ether oxygens (including phenoxy) is 1. The quantitative estimate of drug-likeness (QED) is 0.768. The number of anilines is 3. The molecule has 2 amide bonds. The van der Waals surface area contributed by atoms with Crippen molar-refractivity contribution in [2.45, 2.75) is 39.7 Å². The van der Waals surface area contributed by atoms with Gasteiger partial charge in [-0.25, -0.2) is 0 Å². The zero-order valence-corrected chi connectivity index (χ0v) is 17.4. The third kappa shape index (κ3) is 5.50. The molecule has 154 valence electrons. The van der Waals surface area contributed by atoms with Crippen molar-refractivity contribution in [3.63, 3.8) is 0 Å². The second-order valence-electron chi connectivity index (χ2n) is 7.53. The summed E-state index contributed by atoms with van der Waals surface area (Å²) in [6, 6.07) is 15.1. The van der Waals surface area contributed by atoms with Crippen molar-refractivity contribution in [3.8, 4) is 5.75 Å². The van der Waals surface area contributed by atoms with Gasteiger partial charge < -0.3 is 19.9 Å². The fraction of sp³-hybridized carbons (Fsp3) is 0.391. The Balaban J connectivity index is 1.69. The molecule has 0 saturated carbocycles. The van der Waals surface area contributed by atoms with E-state index >= 15 is 0 Å². The number of hydrogen-bond acceptors (Lipinski definition) is 4. The van der Waals surface area contributed by atoms with Gasteiger partial charge in [-0.2, -0.15) is 0 Å². The first-order chi connectivity index (χ1) is 13.9. The lowest BCUT2D eigenvalue weighted by Crippen LogP contribution is -2.36. The van der Waals surface area contributed by atoms with E-state index in [0.29, 0.717) is 17.1 Å². The van der Waals surface area contributed by atoms with Crippen LogP contribution in [0, 0.1) is 0 Å². The van der Waals surface area contributed by atoms with E-state index in [9.17, 15) is 9.59 Å². The van der Waals surface area contributed by atoms with Crippen LogP contribution in [0.3, 0.4) is 0 Å². The molecule has 0 aliphatic carbocycles. The van der Waals surface area contributed by atoms with E-state index < -0.39 is 0 Å². The summed E-state index contributed by atoms with van der Waals surface area (Å²) in [5.74, 6) is 0.157. The minimum atomic E-state index is -0.274. The number of benzene rings is 2. The molecule has 1 fully saturated rings. The molecule has 1 aliphatic rings. The number of amides is 2. The van der Waals surface area contributed by atoms with Gasteiger partial charge in [0.2, 0.25) is 11.8 Å². The molecule has 3 rings (SSSR count). The van der Waals surface area contributed by atoms with Crippen LogP contribution in [-0.4, -0.2) is 37.6 Å². The molecule has 29 heavy (non-hydrogen) atoms. The first kappa shape index (κ1) is 20.7. The third-order valence-corrected chi connectivity index (χ3v) is 4.84. The molecule has 1 heterocycles. The normalized spacial score (nSPS) is 13.4. The van der Waals surface area contributed by atoms with Gasteiger partial charge in [-0.3, -0.25) is 9.59 Å². The Bertz CT molecular complexity index is 843. The molecule has 0 spiro atoms. The summed E-state index contributed by atoms with van der Waals surface area (Å²) in [6.45, 7) is 7.40. The van der Waals surface area contributed by atoms with Gasteiger partial charge in [0.05, 0.1) is 11.8 Å². The summed E-state index contributed by atoms with van der Waals surface area (Å²) in [7, 11) is 0. The summed E-state index contributed by atoms with van der Waals surface area (Å²) in [4.78, 5) is 28.7. The lowest BCUT2D eigenvalue weighted by atomic mass is 10.2. The summed E-state index contributed by atoms with van der Waals surface area (Å²) < 4.78 is 5.75. The van der Waals surface area contributed by atoms with Gasteiger partial charge in [-0.05, 0) is 63.1 Å². The monoisotopic (exact) mass is 395 g/mol. The number of hydrogen-bond donors (Lipinski definition) is 1. The van der Waals surface area contributed by atoms with Crippen molar-refractivity contribution in [1.29, 1.82) is 0 Å². The lowest BCUT2D eigenvalue weighted by molar-refractivity contribution is -0.120. The number of para-hydroxylation sites is 2. The fourth-order valence-corrected chi connectivity index (χ4v) is 3.46. The summed E-state index contributed by atoms with van der Waals surface area (Å²) in [5, 5.41) is 2.86. The standard InChI is InChI=1S/C23H29N3O3/c1-17(2)29-22-9-5-4-8-21(22)24-23(28)16-26(18(3)27)20-12-10-19(11-13-20)25-14-6-7-15-25/h4-5,8-13,17H,6-7,14-16H2,1-3H3,(H,24,28). The summed E-state index contributed by atoms with van der Waals surface area (Å²) in [6.07, 6.45) is 2.42. The van der Waals surface area contributed by atoms with Crippen LogP contribution in [0.1, 0.15) is 33.6 Å². The largest absolute Gasteiger partial charge is 0.489 e. The van der Waals surface area contributed by atoms with Crippen LogP contribution in [0.25, 0.3) is 0 Å². The molecule has 2 aromatic carbocycles. The van der Waals surface area contributed by atoms with Gasteiger partial charge in [0, 0.05) is 31.4 Å². The molecule has 0 aromatic heterocycles. The fourth-order valence-electron chi connectivity index (χ4n) is 3.46. The average Bonchev–Trinajstić information content (AvgIpc) is 3.22. The van der Waals surface area contributed by atoms with E-state index in [2.05, 4.69) is 10.2 Å². The maximum absolute atomic E-state index is 12.6. The smallest absolute Gasteiger partial charge is 0.244 e. The highest BCUT2D eigenvalue weighted by molar-refractivity contribution is 6.02. The zero-order chi connectivity index (χ0) is 20.8. The van der Waals surface area contributed by atoms with Gasteiger partial charge >= 0.3 is 0 Å². The Morgan fingerprint density at radius 1 is 1.07 bits per heavy atom. The van der Waals surface area contributed by atoms with Crippen molar-refractivity contribution < 1.29 is 14.3 Å². The van der Waals surface area contributed by atoms with E-state index in [1.807, 2.05) is 56.3 Å². The Labute approximate surface area is 172 Å². The van der Waals surface area contributed by atoms with E-state index in [1.54, 1.807) is 6.07 Å². The first-order valence-corrected chi connectivity index (χ1v) is 10.1. The molecular weight excluding hydrogens is 366 g/mol. The van der Waals surface area contributed by atoms with Crippen LogP contribution in [0.2, 0.25) is 0 Å². The summed E-state index contributed by atoms with van der Waals surface area (Å²) >= 11 is 0. The predicted molar refractivity (Wildman–Crippen MR) is 117 cm³/mol. The molecule has 1 N–H and O–H groups in total. The minimum absolute atomic E-state index is 0.00380. The third-order valence-electron chi connectivity index (χ3n) is 4.84. The molecule has 1 aliphatic heterocycles. The number of rotatable bonds is 7. The number of carbonyl (C=O) groups excluding carboxylic acids is 2. The topological polar surface area (TPSA) is 61.9 Å². The van der Waals surface area contributed by atoms with E-state index in [0.717, 1.165) is 18.8 Å². The van der Waals surface area contributed by atoms with Gasteiger partial charge in [0.15, 0.2) is 0 Å².